The molecule has 0 heterocycles. The lowest BCUT2D eigenvalue weighted by Crippen LogP contribution is -2.43. The van der Waals surface area contributed by atoms with E-state index in [0.29, 0.717) is 19.4 Å². The number of methoxy groups -OCH3 is 1. The van der Waals surface area contributed by atoms with Crippen LogP contribution in [0.4, 0.5) is 0 Å². The van der Waals surface area contributed by atoms with Crippen LogP contribution >= 0.6 is 0 Å². The average molecular weight is 271 g/mol. The molecular weight excluding hydrogens is 246 g/mol. The van der Waals surface area contributed by atoms with Crippen LogP contribution in [0.1, 0.15) is 51.9 Å². The van der Waals surface area contributed by atoms with E-state index in [1.807, 2.05) is 6.92 Å². The SMILES string of the molecule is CCC(COC)NC(=O)CC1(C(=O)O)CCCCC1. The third-order valence-electron chi connectivity index (χ3n) is 3.99. The summed E-state index contributed by atoms with van der Waals surface area (Å²) in [6, 6.07) is -0.0352. The van der Waals surface area contributed by atoms with Gasteiger partial charge in [-0.1, -0.05) is 26.2 Å². The van der Waals surface area contributed by atoms with E-state index in [2.05, 4.69) is 5.32 Å². The first kappa shape index (κ1) is 16.0. The Morgan fingerprint density at radius 2 is 1.95 bits per heavy atom. The number of carboxylic acid groups (broad SMARTS) is 1. The van der Waals surface area contributed by atoms with Crippen molar-refractivity contribution in [2.45, 2.75) is 57.9 Å². The van der Waals surface area contributed by atoms with Crippen molar-refractivity contribution < 1.29 is 19.4 Å². The van der Waals surface area contributed by atoms with Gasteiger partial charge in [0.2, 0.25) is 5.91 Å². The average Bonchev–Trinajstić information content (AvgIpc) is 2.39. The molecule has 2 N–H and O–H groups in total. The van der Waals surface area contributed by atoms with E-state index in [9.17, 15) is 14.7 Å². The number of carbonyl (C=O) groups excluding carboxylic acids is 1. The number of hydrogen-bond acceptors (Lipinski definition) is 3. The van der Waals surface area contributed by atoms with Crippen molar-refractivity contribution in [2.24, 2.45) is 5.41 Å². The van der Waals surface area contributed by atoms with Gasteiger partial charge in [-0.05, 0) is 19.3 Å². The van der Waals surface area contributed by atoms with Gasteiger partial charge in [0.25, 0.3) is 0 Å². The first-order valence-electron chi connectivity index (χ1n) is 7.06. The molecule has 0 saturated heterocycles. The summed E-state index contributed by atoms with van der Waals surface area (Å²) in [6.07, 6.45) is 4.94. The minimum Gasteiger partial charge on any atom is -0.481 e. The maximum atomic E-state index is 12.0. The van der Waals surface area contributed by atoms with Gasteiger partial charge >= 0.3 is 5.97 Å². The molecule has 1 amide bonds. The summed E-state index contributed by atoms with van der Waals surface area (Å²) >= 11 is 0. The molecule has 19 heavy (non-hydrogen) atoms. The molecule has 0 aromatic carbocycles. The number of carboxylic acids is 1. The van der Waals surface area contributed by atoms with Crippen molar-refractivity contribution in [3.63, 3.8) is 0 Å². The molecule has 0 bridgehead atoms. The van der Waals surface area contributed by atoms with Gasteiger partial charge in [-0.3, -0.25) is 9.59 Å². The van der Waals surface area contributed by atoms with Gasteiger partial charge in [-0.2, -0.15) is 0 Å². The van der Waals surface area contributed by atoms with Crippen LogP contribution in [0, 0.1) is 5.41 Å². The molecule has 0 aromatic heterocycles. The summed E-state index contributed by atoms with van der Waals surface area (Å²) in [4.78, 5) is 23.5. The van der Waals surface area contributed by atoms with Gasteiger partial charge in [-0.15, -0.1) is 0 Å². The Hall–Kier alpha value is -1.10. The first-order valence-corrected chi connectivity index (χ1v) is 7.06. The van der Waals surface area contributed by atoms with E-state index < -0.39 is 11.4 Å². The van der Waals surface area contributed by atoms with Gasteiger partial charge in [0.15, 0.2) is 0 Å². The van der Waals surface area contributed by atoms with Crippen molar-refractivity contribution in [3.8, 4) is 0 Å². The monoisotopic (exact) mass is 271 g/mol. The Morgan fingerprint density at radius 1 is 1.32 bits per heavy atom. The van der Waals surface area contributed by atoms with Gasteiger partial charge in [-0.25, -0.2) is 0 Å². The number of ether oxygens (including phenoxy) is 1. The highest BCUT2D eigenvalue weighted by Crippen LogP contribution is 2.39. The lowest BCUT2D eigenvalue weighted by atomic mass is 9.71. The van der Waals surface area contributed by atoms with Crippen molar-refractivity contribution in [1.82, 2.24) is 5.32 Å². The second-order valence-electron chi connectivity index (χ2n) is 5.45. The maximum absolute atomic E-state index is 12.0. The third kappa shape index (κ3) is 4.49. The molecule has 110 valence electrons. The minimum atomic E-state index is -0.853. The highest BCUT2D eigenvalue weighted by atomic mass is 16.5. The van der Waals surface area contributed by atoms with Crippen molar-refractivity contribution in [1.29, 1.82) is 0 Å². The molecular formula is C14H25NO4. The standard InChI is InChI=1S/C14H25NO4/c1-3-11(10-19-2)15-12(16)9-14(13(17)18)7-5-4-6-8-14/h11H,3-10H2,1-2H3,(H,15,16)(H,17,18). The molecule has 0 radical (unpaired) electrons. The van der Waals surface area contributed by atoms with Gasteiger partial charge in [0.1, 0.15) is 0 Å². The van der Waals surface area contributed by atoms with Crippen LogP contribution in [0.2, 0.25) is 0 Å². The Morgan fingerprint density at radius 3 is 2.42 bits per heavy atom. The number of rotatable bonds is 7. The Labute approximate surface area is 114 Å². The molecule has 5 nitrogen and oxygen atoms in total. The molecule has 1 aliphatic carbocycles. The van der Waals surface area contributed by atoms with Crippen LogP contribution in [0.15, 0.2) is 0 Å². The molecule has 0 aliphatic heterocycles. The number of nitrogens with one attached hydrogen (secondary N) is 1. The van der Waals surface area contributed by atoms with Crippen LogP contribution in [0.5, 0.6) is 0 Å². The van der Waals surface area contributed by atoms with E-state index in [1.54, 1.807) is 7.11 Å². The molecule has 1 saturated carbocycles. The summed E-state index contributed by atoms with van der Waals surface area (Å²) in [7, 11) is 1.59. The summed E-state index contributed by atoms with van der Waals surface area (Å²) in [5, 5.41) is 12.3. The maximum Gasteiger partial charge on any atom is 0.310 e. The van der Waals surface area contributed by atoms with Crippen molar-refractivity contribution in [2.75, 3.05) is 13.7 Å². The molecule has 0 aromatic rings. The molecule has 0 spiro atoms. The second kappa shape index (κ2) is 7.48. The Kier molecular flexibility index (Phi) is 6.28. The highest BCUT2D eigenvalue weighted by Gasteiger charge is 2.41. The number of aliphatic carboxylic acids is 1. The second-order valence-corrected chi connectivity index (χ2v) is 5.45. The van der Waals surface area contributed by atoms with E-state index >= 15 is 0 Å². The largest absolute Gasteiger partial charge is 0.481 e. The van der Waals surface area contributed by atoms with Gasteiger partial charge in [0.05, 0.1) is 18.1 Å². The molecule has 1 rings (SSSR count). The zero-order valence-electron chi connectivity index (χ0n) is 11.9. The van der Waals surface area contributed by atoms with E-state index in [1.165, 1.54) is 0 Å². The molecule has 1 atom stereocenters. The molecule has 1 fully saturated rings. The molecule has 1 aliphatic rings. The van der Waals surface area contributed by atoms with Crippen LogP contribution in [-0.4, -0.2) is 36.7 Å². The summed E-state index contributed by atoms with van der Waals surface area (Å²) in [5.74, 6) is -1.00. The molecule has 5 heteroatoms. The Bertz CT molecular complexity index is 311. The minimum absolute atomic E-state index is 0.0352. The zero-order valence-corrected chi connectivity index (χ0v) is 11.9. The lowest BCUT2D eigenvalue weighted by Gasteiger charge is -2.33. The van der Waals surface area contributed by atoms with E-state index in [0.717, 1.165) is 25.7 Å². The first-order chi connectivity index (χ1) is 9.04. The van der Waals surface area contributed by atoms with E-state index in [-0.39, 0.29) is 18.4 Å². The van der Waals surface area contributed by atoms with Gasteiger partial charge < -0.3 is 15.2 Å². The van der Waals surface area contributed by atoms with Crippen molar-refractivity contribution >= 4 is 11.9 Å². The quantitative estimate of drug-likeness (QED) is 0.742. The van der Waals surface area contributed by atoms with Crippen molar-refractivity contribution in [3.05, 3.63) is 0 Å². The fourth-order valence-corrected chi connectivity index (χ4v) is 2.74. The predicted octanol–water partition coefficient (Wildman–Crippen LogP) is 1.95. The van der Waals surface area contributed by atoms with Crippen LogP contribution in [0.3, 0.4) is 0 Å². The zero-order chi connectivity index (χ0) is 14.3. The fourth-order valence-electron chi connectivity index (χ4n) is 2.74. The van der Waals surface area contributed by atoms with Gasteiger partial charge in [0, 0.05) is 13.5 Å². The fraction of sp³-hybridized carbons (Fsp3) is 0.857. The third-order valence-corrected chi connectivity index (χ3v) is 3.99. The molecule has 1 unspecified atom stereocenters. The lowest BCUT2D eigenvalue weighted by molar-refractivity contribution is -0.154. The normalized spacial score (nSPS) is 19.7. The topological polar surface area (TPSA) is 75.6 Å². The summed E-state index contributed by atoms with van der Waals surface area (Å²) in [5.41, 5.74) is -0.853. The van der Waals surface area contributed by atoms with Crippen LogP contribution in [-0.2, 0) is 14.3 Å². The number of hydrogen-bond donors (Lipinski definition) is 2. The van der Waals surface area contributed by atoms with Crippen LogP contribution < -0.4 is 5.32 Å². The Balaban J connectivity index is 2.59. The summed E-state index contributed by atoms with van der Waals surface area (Å²) in [6.45, 7) is 2.43. The number of carbonyl (C=O) groups is 2. The predicted molar refractivity (Wildman–Crippen MR) is 71.9 cm³/mol. The van der Waals surface area contributed by atoms with E-state index in [4.69, 9.17) is 4.74 Å². The smallest absolute Gasteiger partial charge is 0.310 e. The van der Waals surface area contributed by atoms with Crippen LogP contribution in [0.25, 0.3) is 0 Å². The number of amides is 1. The highest BCUT2D eigenvalue weighted by molar-refractivity contribution is 5.85. The summed E-state index contributed by atoms with van der Waals surface area (Å²) < 4.78 is 5.03.